The SMILES string of the molecule is CN(Cc1ccc(Br)cc1)C(=O)Nc1ccc(F)cc1Br. The zero-order valence-electron chi connectivity index (χ0n) is 11.2. The van der Waals surface area contributed by atoms with Gasteiger partial charge in [0.15, 0.2) is 0 Å². The number of anilines is 1. The van der Waals surface area contributed by atoms with Gasteiger partial charge in [-0.2, -0.15) is 0 Å². The molecular formula is C15H13Br2FN2O. The standard InChI is InChI=1S/C15H13Br2FN2O/c1-20(9-10-2-4-11(16)5-3-10)15(21)19-14-7-6-12(18)8-13(14)17/h2-8H,9H2,1H3,(H,19,21). The predicted octanol–water partition coefficient (Wildman–Crippen LogP) is 5.01. The first-order chi connectivity index (χ1) is 9.95. The Balaban J connectivity index is 2.00. The van der Waals surface area contributed by atoms with Gasteiger partial charge in [0.05, 0.1) is 5.69 Å². The Morgan fingerprint density at radius 2 is 1.86 bits per heavy atom. The van der Waals surface area contributed by atoms with Gasteiger partial charge in [-0.15, -0.1) is 0 Å². The summed E-state index contributed by atoms with van der Waals surface area (Å²) in [6.45, 7) is 0.484. The molecule has 2 aromatic carbocycles. The number of nitrogens with one attached hydrogen (secondary N) is 1. The minimum absolute atomic E-state index is 0.259. The van der Waals surface area contributed by atoms with Crippen LogP contribution in [0.3, 0.4) is 0 Å². The maximum Gasteiger partial charge on any atom is 0.321 e. The van der Waals surface area contributed by atoms with Gasteiger partial charge >= 0.3 is 6.03 Å². The number of rotatable bonds is 3. The van der Waals surface area contributed by atoms with Crippen molar-refractivity contribution in [2.24, 2.45) is 0 Å². The van der Waals surface area contributed by atoms with E-state index in [1.165, 1.54) is 18.2 Å². The molecule has 0 fully saturated rings. The minimum atomic E-state index is -0.358. The molecule has 0 saturated heterocycles. The number of urea groups is 1. The first kappa shape index (κ1) is 16.0. The first-order valence-corrected chi connectivity index (χ1v) is 7.76. The Bertz CT molecular complexity index is 647. The zero-order chi connectivity index (χ0) is 15.4. The Kier molecular flexibility index (Phi) is 5.36. The first-order valence-electron chi connectivity index (χ1n) is 6.17. The van der Waals surface area contributed by atoms with Gasteiger partial charge in [0.25, 0.3) is 0 Å². The molecular weight excluding hydrogens is 403 g/mol. The lowest BCUT2D eigenvalue weighted by atomic mass is 10.2. The van der Waals surface area contributed by atoms with Crippen molar-refractivity contribution >= 4 is 43.6 Å². The molecule has 21 heavy (non-hydrogen) atoms. The smallest absolute Gasteiger partial charge is 0.321 e. The van der Waals surface area contributed by atoms with E-state index in [-0.39, 0.29) is 11.8 Å². The van der Waals surface area contributed by atoms with Crippen molar-refractivity contribution in [1.29, 1.82) is 0 Å². The van der Waals surface area contributed by atoms with Crippen molar-refractivity contribution in [1.82, 2.24) is 4.90 Å². The second kappa shape index (κ2) is 7.04. The van der Waals surface area contributed by atoms with Crippen molar-refractivity contribution in [3.63, 3.8) is 0 Å². The van der Waals surface area contributed by atoms with E-state index in [1.807, 2.05) is 24.3 Å². The van der Waals surface area contributed by atoms with Gasteiger partial charge in [0.1, 0.15) is 5.82 Å². The van der Waals surface area contributed by atoms with Crippen molar-refractivity contribution < 1.29 is 9.18 Å². The van der Waals surface area contributed by atoms with E-state index in [0.29, 0.717) is 16.7 Å². The average Bonchev–Trinajstić information content (AvgIpc) is 2.44. The number of carbonyl (C=O) groups excluding carboxylic acids is 1. The third-order valence-corrected chi connectivity index (χ3v) is 4.04. The molecule has 110 valence electrons. The molecule has 2 rings (SSSR count). The monoisotopic (exact) mass is 414 g/mol. The van der Waals surface area contributed by atoms with E-state index in [1.54, 1.807) is 11.9 Å². The van der Waals surface area contributed by atoms with Crippen LogP contribution in [-0.2, 0) is 6.54 Å². The largest absolute Gasteiger partial charge is 0.323 e. The van der Waals surface area contributed by atoms with Crippen molar-refractivity contribution in [2.75, 3.05) is 12.4 Å². The molecule has 1 N–H and O–H groups in total. The van der Waals surface area contributed by atoms with E-state index < -0.39 is 0 Å². The maximum absolute atomic E-state index is 13.0. The maximum atomic E-state index is 13.0. The summed E-state index contributed by atoms with van der Waals surface area (Å²) in [5.74, 6) is -0.358. The normalized spacial score (nSPS) is 10.3. The third kappa shape index (κ3) is 4.54. The summed E-state index contributed by atoms with van der Waals surface area (Å²) >= 11 is 6.59. The van der Waals surface area contributed by atoms with E-state index in [4.69, 9.17) is 0 Å². The molecule has 0 aliphatic carbocycles. The molecule has 0 atom stereocenters. The van der Waals surface area contributed by atoms with Gasteiger partial charge in [-0.25, -0.2) is 9.18 Å². The number of amides is 2. The number of hydrogen-bond acceptors (Lipinski definition) is 1. The van der Waals surface area contributed by atoms with Crippen LogP contribution in [0.4, 0.5) is 14.9 Å². The van der Waals surface area contributed by atoms with E-state index >= 15 is 0 Å². The van der Waals surface area contributed by atoms with Crippen molar-refractivity contribution in [3.8, 4) is 0 Å². The second-order valence-corrected chi connectivity index (χ2v) is 6.31. The molecule has 0 aromatic heterocycles. The van der Waals surface area contributed by atoms with Gasteiger partial charge in [-0.1, -0.05) is 28.1 Å². The van der Waals surface area contributed by atoms with Crippen molar-refractivity contribution in [3.05, 3.63) is 62.8 Å². The Labute approximate surface area is 139 Å². The third-order valence-electron chi connectivity index (χ3n) is 2.85. The van der Waals surface area contributed by atoms with Gasteiger partial charge in [0.2, 0.25) is 0 Å². The molecule has 0 bridgehead atoms. The lowest BCUT2D eigenvalue weighted by Crippen LogP contribution is -2.30. The van der Waals surface area contributed by atoms with Crippen LogP contribution in [0.5, 0.6) is 0 Å². The van der Waals surface area contributed by atoms with Gasteiger partial charge in [-0.3, -0.25) is 0 Å². The van der Waals surface area contributed by atoms with Gasteiger partial charge < -0.3 is 10.2 Å². The molecule has 2 amide bonds. The molecule has 6 heteroatoms. The highest BCUT2D eigenvalue weighted by molar-refractivity contribution is 9.10. The summed E-state index contributed by atoms with van der Waals surface area (Å²) in [5.41, 5.74) is 1.55. The topological polar surface area (TPSA) is 32.3 Å². The van der Waals surface area contributed by atoms with Crippen molar-refractivity contribution in [2.45, 2.75) is 6.54 Å². The molecule has 0 aliphatic heterocycles. The molecule has 0 unspecified atom stereocenters. The number of benzene rings is 2. The fourth-order valence-electron chi connectivity index (χ4n) is 1.74. The molecule has 0 aliphatic rings. The molecule has 0 heterocycles. The average molecular weight is 416 g/mol. The van der Waals surface area contributed by atoms with Crippen LogP contribution >= 0.6 is 31.9 Å². The lowest BCUT2D eigenvalue weighted by molar-refractivity contribution is 0.220. The highest BCUT2D eigenvalue weighted by Crippen LogP contribution is 2.23. The summed E-state index contributed by atoms with van der Waals surface area (Å²) in [6.07, 6.45) is 0. The van der Waals surface area contributed by atoms with Crippen LogP contribution < -0.4 is 5.32 Å². The summed E-state index contributed by atoms with van der Waals surface area (Å²) in [4.78, 5) is 13.7. The molecule has 0 saturated carbocycles. The number of carbonyl (C=O) groups is 1. The van der Waals surface area contributed by atoms with Crippen LogP contribution in [0.1, 0.15) is 5.56 Å². The fraction of sp³-hybridized carbons (Fsp3) is 0.133. The highest BCUT2D eigenvalue weighted by atomic mass is 79.9. The molecule has 3 nitrogen and oxygen atoms in total. The second-order valence-electron chi connectivity index (χ2n) is 4.54. The Hall–Kier alpha value is -1.40. The Morgan fingerprint density at radius 3 is 2.48 bits per heavy atom. The number of hydrogen-bond donors (Lipinski definition) is 1. The summed E-state index contributed by atoms with van der Waals surface area (Å²) in [7, 11) is 1.70. The quantitative estimate of drug-likeness (QED) is 0.750. The number of halogens is 3. The molecule has 0 spiro atoms. The van der Waals surface area contributed by atoms with E-state index in [0.717, 1.165) is 10.0 Å². The van der Waals surface area contributed by atoms with E-state index in [2.05, 4.69) is 37.2 Å². The fourth-order valence-corrected chi connectivity index (χ4v) is 2.45. The highest BCUT2D eigenvalue weighted by Gasteiger charge is 2.11. The zero-order valence-corrected chi connectivity index (χ0v) is 14.4. The minimum Gasteiger partial charge on any atom is -0.323 e. The van der Waals surface area contributed by atoms with Crippen LogP contribution in [0.2, 0.25) is 0 Å². The van der Waals surface area contributed by atoms with Crippen LogP contribution in [-0.4, -0.2) is 18.0 Å². The Morgan fingerprint density at radius 1 is 1.19 bits per heavy atom. The van der Waals surface area contributed by atoms with Crippen LogP contribution in [0.15, 0.2) is 51.4 Å². The van der Waals surface area contributed by atoms with Crippen LogP contribution in [0, 0.1) is 5.82 Å². The molecule has 2 aromatic rings. The predicted molar refractivity (Wildman–Crippen MR) is 88.7 cm³/mol. The summed E-state index contributed by atoms with van der Waals surface area (Å²) in [6, 6.07) is 11.6. The number of nitrogens with zero attached hydrogens (tertiary/aromatic N) is 1. The van der Waals surface area contributed by atoms with Gasteiger partial charge in [-0.05, 0) is 51.8 Å². The summed E-state index contributed by atoms with van der Waals surface area (Å²) < 4.78 is 14.5. The lowest BCUT2D eigenvalue weighted by Gasteiger charge is -2.18. The van der Waals surface area contributed by atoms with E-state index in [9.17, 15) is 9.18 Å². The van der Waals surface area contributed by atoms with Crippen LogP contribution in [0.25, 0.3) is 0 Å². The van der Waals surface area contributed by atoms with Gasteiger partial charge in [0, 0.05) is 22.5 Å². The summed E-state index contributed by atoms with van der Waals surface area (Å²) in [5, 5.41) is 2.73. The molecule has 0 radical (unpaired) electrons.